The largest absolute Gasteiger partial charge is 0.506 e. The van der Waals surface area contributed by atoms with E-state index in [4.69, 9.17) is 17.3 Å². The first kappa shape index (κ1) is 14.6. The minimum absolute atomic E-state index is 0.0806. The summed E-state index contributed by atoms with van der Waals surface area (Å²) >= 11 is 6.29. The molecule has 4 nitrogen and oxygen atoms in total. The van der Waals surface area contributed by atoms with Gasteiger partial charge >= 0.3 is 0 Å². The number of benzene rings is 1. The minimum Gasteiger partial charge on any atom is -0.506 e. The van der Waals surface area contributed by atoms with Crippen molar-refractivity contribution in [2.24, 2.45) is 5.92 Å². The number of aromatic nitrogens is 1. The van der Waals surface area contributed by atoms with Crippen molar-refractivity contribution in [3.63, 3.8) is 0 Å². The molecule has 0 unspecified atom stereocenters. The van der Waals surface area contributed by atoms with Crippen LogP contribution in [0.4, 0.5) is 11.4 Å². The molecular weight excluding hydrogens is 298 g/mol. The molecular formula is C17H16ClN3O. The fourth-order valence-corrected chi connectivity index (χ4v) is 2.27. The second-order valence-electron chi connectivity index (χ2n) is 5.39. The van der Waals surface area contributed by atoms with Crippen LogP contribution >= 0.6 is 11.6 Å². The van der Waals surface area contributed by atoms with Crippen LogP contribution < -0.4 is 11.1 Å². The zero-order chi connectivity index (χ0) is 15.5. The van der Waals surface area contributed by atoms with E-state index >= 15 is 0 Å². The van der Waals surface area contributed by atoms with Crippen molar-refractivity contribution >= 4 is 23.0 Å². The molecule has 0 aliphatic heterocycles. The number of rotatable bonds is 3. The highest BCUT2D eigenvalue weighted by Gasteiger charge is 2.21. The van der Waals surface area contributed by atoms with Crippen molar-refractivity contribution in [1.29, 1.82) is 0 Å². The van der Waals surface area contributed by atoms with Crippen LogP contribution in [-0.4, -0.2) is 16.6 Å². The van der Waals surface area contributed by atoms with Gasteiger partial charge in [-0.1, -0.05) is 23.4 Å². The van der Waals surface area contributed by atoms with Crippen LogP contribution in [0.15, 0.2) is 30.6 Å². The van der Waals surface area contributed by atoms with E-state index in [1.54, 1.807) is 12.3 Å². The summed E-state index contributed by atoms with van der Waals surface area (Å²) in [6.45, 7) is 0.931. The number of nitrogens with two attached hydrogens (primary N) is 1. The van der Waals surface area contributed by atoms with E-state index < -0.39 is 0 Å². The molecule has 22 heavy (non-hydrogen) atoms. The summed E-state index contributed by atoms with van der Waals surface area (Å²) in [6.07, 6.45) is 5.50. The predicted octanol–water partition coefficient (Wildman–Crippen LogP) is 3.24. The molecule has 1 aromatic heterocycles. The first-order valence-electron chi connectivity index (χ1n) is 7.11. The number of hydrogen-bond donors (Lipinski definition) is 3. The lowest BCUT2D eigenvalue weighted by Gasteiger charge is -2.11. The quantitative estimate of drug-likeness (QED) is 0.601. The normalized spacial score (nSPS) is 13.3. The topological polar surface area (TPSA) is 71.2 Å². The Morgan fingerprint density at radius 2 is 2.14 bits per heavy atom. The predicted molar refractivity (Wildman–Crippen MR) is 89.0 cm³/mol. The number of hydrogen-bond acceptors (Lipinski definition) is 4. The highest BCUT2D eigenvalue weighted by atomic mass is 35.5. The highest BCUT2D eigenvalue weighted by Crippen LogP contribution is 2.33. The number of anilines is 2. The molecule has 2 aromatic rings. The molecule has 0 spiro atoms. The fourth-order valence-electron chi connectivity index (χ4n) is 2.06. The van der Waals surface area contributed by atoms with Crippen LogP contribution in [0.25, 0.3) is 0 Å². The third kappa shape index (κ3) is 3.44. The monoisotopic (exact) mass is 313 g/mol. The summed E-state index contributed by atoms with van der Waals surface area (Å²) in [4.78, 5) is 3.88. The Hall–Kier alpha value is -2.38. The van der Waals surface area contributed by atoms with E-state index in [-0.39, 0.29) is 5.75 Å². The summed E-state index contributed by atoms with van der Waals surface area (Å²) in [6, 6.07) is 5.29. The van der Waals surface area contributed by atoms with Crippen molar-refractivity contribution in [1.82, 2.24) is 4.98 Å². The maximum atomic E-state index is 9.37. The van der Waals surface area contributed by atoms with Crippen LogP contribution in [0.2, 0.25) is 5.02 Å². The van der Waals surface area contributed by atoms with E-state index in [1.807, 2.05) is 12.1 Å². The Labute approximate surface area is 134 Å². The summed E-state index contributed by atoms with van der Waals surface area (Å²) in [7, 11) is 0. The number of nitrogens with zero attached hydrogens (tertiary/aromatic N) is 1. The zero-order valence-electron chi connectivity index (χ0n) is 11.9. The minimum atomic E-state index is 0.0806. The Morgan fingerprint density at radius 3 is 2.86 bits per heavy atom. The van der Waals surface area contributed by atoms with E-state index in [9.17, 15) is 5.11 Å². The third-order valence-electron chi connectivity index (χ3n) is 3.52. The molecule has 0 saturated heterocycles. The molecule has 1 heterocycles. The van der Waals surface area contributed by atoms with Gasteiger partial charge in [-0.25, -0.2) is 0 Å². The van der Waals surface area contributed by atoms with Gasteiger partial charge in [0.1, 0.15) is 5.75 Å². The van der Waals surface area contributed by atoms with Crippen molar-refractivity contribution in [2.75, 3.05) is 17.6 Å². The maximum Gasteiger partial charge on any atom is 0.135 e. The molecule has 4 N–H and O–H groups in total. The smallest absolute Gasteiger partial charge is 0.135 e. The molecule has 1 saturated carbocycles. The van der Waals surface area contributed by atoms with E-state index in [2.05, 4.69) is 22.1 Å². The number of nitrogens with one attached hydrogen (secondary N) is 1. The fraction of sp³-hybridized carbons (Fsp3) is 0.235. The number of pyridine rings is 1. The van der Waals surface area contributed by atoms with Crippen molar-refractivity contribution < 1.29 is 5.11 Å². The molecule has 112 valence electrons. The van der Waals surface area contributed by atoms with Gasteiger partial charge in [0.25, 0.3) is 0 Å². The van der Waals surface area contributed by atoms with E-state index in [0.717, 1.165) is 18.2 Å². The van der Waals surface area contributed by atoms with Gasteiger partial charge in [0.15, 0.2) is 0 Å². The summed E-state index contributed by atoms with van der Waals surface area (Å²) in [5.74, 6) is 6.72. The van der Waals surface area contributed by atoms with Crippen LogP contribution in [0.3, 0.4) is 0 Å². The van der Waals surface area contributed by atoms with Gasteiger partial charge in [-0.3, -0.25) is 4.98 Å². The number of nitrogen functional groups attached to an aromatic ring is 1. The van der Waals surface area contributed by atoms with Crippen molar-refractivity contribution in [2.45, 2.75) is 12.8 Å². The second kappa shape index (κ2) is 6.17. The SMILES string of the molecule is Nc1c(NCC2CC2)ccc(C#Cc2cncc(O)c2)c1Cl. The standard InChI is InChI=1S/C17H16ClN3O/c18-16-13(4-3-12-7-14(22)10-20-8-12)5-6-15(17(16)19)21-9-11-1-2-11/h5-8,10-11,21-22H,1-2,9,19H2. The highest BCUT2D eigenvalue weighted by molar-refractivity contribution is 6.35. The van der Waals surface area contributed by atoms with Crippen LogP contribution in [-0.2, 0) is 0 Å². The lowest BCUT2D eigenvalue weighted by Crippen LogP contribution is -2.06. The molecule has 1 aliphatic carbocycles. The van der Waals surface area contributed by atoms with Gasteiger partial charge < -0.3 is 16.2 Å². The molecule has 1 fully saturated rings. The van der Waals surface area contributed by atoms with Crippen molar-refractivity contribution in [3.8, 4) is 17.6 Å². The summed E-state index contributed by atoms with van der Waals surface area (Å²) in [5.41, 5.74) is 8.70. The lowest BCUT2D eigenvalue weighted by molar-refractivity contribution is 0.472. The Kier molecular flexibility index (Phi) is 4.08. The van der Waals surface area contributed by atoms with E-state index in [0.29, 0.717) is 21.8 Å². The second-order valence-corrected chi connectivity index (χ2v) is 5.77. The van der Waals surface area contributed by atoms with Crippen LogP contribution in [0.5, 0.6) is 5.75 Å². The van der Waals surface area contributed by atoms with Crippen LogP contribution in [0.1, 0.15) is 24.0 Å². The third-order valence-corrected chi connectivity index (χ3v) is 3.93. The number of halogens is 1. The molecule has 0 bridgehead atoms. The average Bonchev–Trinajstić information content (AvgIpc) is 3.32. The van der Waals surface area contributed by atoms with Gasteiger partial charge in [-0.2, -0.15) is 0 Å². The van der Waals surface area contributed by atoms with Gasteiger partial charge in [-0.05, 0) is 37.0 Å². The van der Waals surface area contributed by atoms with Gasteiger partial charge in [0.2, 0.25) is 0 Å². The molecule has 1 aromatic carbocycles. The van der Waals surface area contributed by atoms with E-state index in [1.165, 1.54) is 19.0 Å². The van der Waals surface area contributed by atoms with Crippen LogP contribution in [0, 0.1) is 17.8 Å². The molecule has 0 amide bonds. The maximum absolute atomic E-state index is 9.37. The molecule has 0 radical (unpaired) electrons. The van der Waals surface area contributed by atoms with Gasteiger partial charge in [0.05, 0.1) is 22.6 Å². The van der Waals surface area contributed by atoms with Crippen molar-refractivity contribution in [3.05, 3.63) is 46.7 Å². The molecule has 5 heteroatoms. The molecule has 3 rings (SSSR count). The van der Waals surface area contributed by atoms with Gasteiger partial charge in [-0.15, -0.1) is 0 Å². The lowest BCUT2D eigenvalue weighted by atomic mass is 10.1. The number of aromatic hydroxyl groups is 1. The summed E-state index contributed by atoms with van der Waals surface area (Å²) < 4.78 is 0. The Bertz CT molecular complexity index is 760. The Morgan fingerprint density at radius 1 is 1.32 bits per heavy atom. The summed E-state index contributed by atoms with van der Waals surface area (Å²) in [5, 5.41) is 13.1. The first-order chi connectivity index (χ1) is 10.6. The molecule has 1 aliphatic rings. The average molecular weight is 314 g/mol. The van der Waals surface area contributed by atoms with Gasteiger partial charge in [0, 0.05) is 23.9 Å². The Balaban J connectivity index is 1.81. The zero-order valence-corrected chi connectivity index (χ0v) is 12.7. The first-order valence-corrected chi connectivity index (χ1v) is 7.49. The molecule has 0 atom stereocenters.